The lowest BCUT2D eigenvalue weighted by atomic mass is 10.2. The van der Waals surface area contributed by atoms with Gasteiger partial charge in [-0.25, -0.2) is 9.67 Å². The number of hydrogen-bond donors (Lipinski definition) is 0. The van der Waals surface area contributed by atoms with E-state index in [0.29, 0.717) is 17.2 Å². The summed E-state index contributed by atoms with van der Waals surface area (Å²) in [6.45, 7) is 1.87. The van der Waals surface area contributed by atoms with Gasteiger partial charge in [-0.2, -0.15) is 0 Å². The number of aliphatic imine (C=N–C) groups is 1. The van der Waals surface area contributed by atoms with Crippen molar-refractivity contribution in [1.29, 1.82) is 0 Å². The van der Waals surface area contributed by atoms with Crippen LogP contribution in [0.5, 0.6) is 11.5 Å². The van der Waals surface area contributed by atoms with Gasteiger partial charge < -0.3 is 9.47 Å². The van der Waals surface area contributed by atoms with E-state index in [1.54, 1.807) is 29.8 Å². The van der Waals surface area contributed by atoms with Crippen molar-refractivity contribution < 1.29 is 9.47 Å². The third kappa shape index (κ3) is 3.01. The second kappa shape index (κ2) is 7.31. The van der Waals surface area contributed by atoms with Crippen LogP contribution in [0.4, 0.5) is 5.69 Å². The lowest BCUT2D eigenvalue weighted by Gasteiger charge is -2.09. The molecular weight excluding hydrogens is 330 g/mol. The molecule has 0 spiro atoms. The first-order valence-electron chi connectivity index (χ1n) is 8.17. The molecule has 26 heavy (non-hydrogen) atoms. The maximum Gasteiger partial charge on any atom is 0.297 e. The van der Waals surface area contributed by atoms with Gasteiger partial charge in [0.2, 0.25) is 0 Å². The molecule has 0 bridgehead atoms. The maximum atomic E-state index is 12.9. The zero-order valence-electron chi connectivity index (χ0n) is 15.3. The Bertz CT molecular complexity index is 1000. The van der Waals surface area contributed by atoms with Crippen molar-refractivity contribution in [3.63, 3.8) is 0 Å². The maximum absolute atomic E-state index is 12.9. The molecule has 134 valence electrons. The number of nitrogens with zero attached hydrogens (tertiary/aromatic N) is 3. The minimum atomic E-state index is -0.172. The molecule has 0 fully saturated rings. The Balaban J connectivity index is 2.08. The van der Waals surface area contributed by atoms with E-state index in [1.165, 1.54) is 0 Å². The second-order valence-electron chi connectivity index (χ2n) is 5.75. The van der Waals surface area contributed by atoms with Crippen LogP contribution in [-0.4, -0.2) is 29.8 Å². The Kier molecular flexibility index (Phi) is 4.93. The molecule has 6 heteroatoms. The van der Waals surface area contributed by atoms with Crippen LogP contribution in [-0.2, 0) is 7.05 Å². The quantitative estimate of drug-likeness (QED) is 0.663. The highest BCUT2D eigenvalue weighted by atomic mass is 16.5. The van der Waals surface area contributed by atoms with E-state index in [-0.39, 0.29) is 5.56 Å². The van der Waals surface area contributed by atoms with Gasteiger partial charge >= 0.3 is 0 Å². The summed E-state index contributed by atoms with van der Waals surface area (Å²) < 4.78 is 14.1. The van der Waals surface area contributed by atoms with E-state index in [2.05, 4.69) is 4.99 Å². The fourth-order valence-corrected chi connectivity index (χ4v) is 2.85. The minimum Gasteiger partial charge on any atom is -0.493 e. The highest BCUT2D eigenvalue weighted by molar-refractivity contribution is 5.87. The summed E-state index contributed by atoms with van der Waals surface area (Å²) in [6, 6.07) is 15.0. The first-order chi connectivity index (χ1) is 12.6. The van der Waals surface area contributed by atoms with Crippen molar-refractivity contribution in [3.05, 3.63) is 70.1 Å². The Hall–Kier alpha value is -3.28. The third-order valence-corrected chi connectivity index (χ3v) is 4.29. The van der Waals surface area contributed by atoms with E-state index < -0.39 is 0 Å². The molecule has 1 aromatic heterocycles. The molecule has 6 nitrogen and oxygen atoms in total. The average Bonchev–Trinajstić information content (AvgIpc) is 2.89. The van der Waals surface area contributed by atoms with Crippen LogP contribution >= 0.6 is 0 Å². The minimum absolute atomic E-state index is 0.172. The topological polar surface area (TPSA) is 57.8 Å². The SMILES string of the molecule is COc1cccc(C=Nc2c(C)n(C)n(-c3ccccc3)c2=O)c1OC. The van der Waals surface area contributed by atoms with Crippen molar-refractivity contribution in [2.24, 2.45) is 12.0 Å². The van der Waals surface area contributed by atoms with Crippen molar-refractivity contribution in [2.75, 3.05) is 14.2 Å². The molecule has 0 aliphatic rings. The van der Waals surface area contributed by atoms with Gasteiger partial charge in [0.05, 0.1) is 25.6 Å². The molecule has 0 saturated heterocycles. The fraction of sp³-hybridized carbons (Fsp3) is 0.200. The number of methoxy groups -OCH3 is 2. The summed E-state index contributed by atoms with van der Waals surface area (Å²) in [5.41, 5.74) is 2.52. The lowest BCUT2D eigenvalue weighted by molar-refractivity contribution is 0.354. The largest absolute Gasteiger partial charge is 0.493 e. The highest BCUT2D eigenvalue weighted by Crippen LogP contribution is 2.30. The first kappa shape index (κ1) is 17.5. The molecular formula is C20H21N3O3. The van der Waals surface area contributed by atoms with Crippen LogP contribution in [0.25, 0.3) is 5.69 Å². The Labute approximate surface area is 151 Å². The average molecular weight is 351 g/mol. The number of hydrogen-bond acceptors (Lipinski definition) is 4. The molecule has 0 saturated carbocycles. The summed E-state index contributed by atoms with van der Waals surface area (Å²) >= 11 is 0. The van der Waals surface area contributed by atoms with Crippen molar-refractivity contribution in [2.45, 2.75) is 6.92 Å². The summed E-state index contributed by atoms with van der Waals surface area (Å²) in [5.74, 6) is 1.19. The molecule has 0 atom stereocenters. The molecule has 2 aromatic carbocycles. The summed E-state index contributed by atoms with van der Waals surface area (Å²) in [4.78, 5) is 17.3. The molecule has 0 aliphatic carbocycles. The van der Waals surface area contributed by atoms with Crippen LogP contribution in [0.3, 0.4) is 0 Å². The second-order valence-corrected chi connectivity index (χ2v) is 5.75. The van der Waals surface area contributed by atoms with Gasteiger partial charge in [0.25, 0.3) is 5.56 Å². The fourth-order valence-electron chi connectivity index (χ4n) is 2.85. The molecule has 0 unspecified atom stereocenters. The van der Waals surface area contributed by atoms with Gasteiger partial charge in [-0.1, -0.05) is 24.3 Å². The van der Waals surface area contributed by atoms with Crippen LogP contribution in [0.2, 0.25) is 0 Å². The number of para-hydroxylation sites is 2. The molecule has 3 rings (SSSR count). The lowest BCUT2D eigenvalue weighted by Crippen LogP contribution is -2.19. The Morgan fingerprint density at radius 2 is 1.73 bits per heavy atom. The van der Waals surface area contributed by atoms with Gasteiger partial charge in [-0.3, -0.25) is 9.48 Å². The van der Waals surface area contributed by atoms with Crippen molar-refractivity contribution in [3.8, 4) is 17.2 Å². The van der Waals surface area contributed by atoms with Crippen LogP contribution < -0.4 is 15.0 Å². The van der Waals surface area contributed by atoms with Crippen LogP contribution in [0.1, 0.15) is 11.3 Å². The van der Waals surface area contributed by atoms with Gasteiger partial charge in [0.1, 0.15) is 0 Å². The number of benzene rings is 2. The molecule has 1 heterocycles. The highest BCUT2D eigenvalue weighted by Gasteiger charge is 2.15. The van der Waals surface area contributed by atoms with E-state index >= 15 is 0 Å². The van der Waals surface area contributed by atoms with E-state index in [9.17, 15) is 4.79 Å². The van der Waals surface area contributed by atoms with Crippen LogP contribution in [0, 0.1) is 6.92 Å². The van der Waals surface area contributed by atoms with Gasteiger partial charge in [0.15, 0.2) is 17.2 Å². The van der Waals surface area contributed by atoms with Crippen molar-refractivity contribution in [1.82, 2.24) is 9.36 Å². The predicted octanol–water partition coefficient (Wildman–Crippen LogP) is 3.25. The zero-order valence-corrected chi connectivity index (χ0v) is 15.3. The standard InChI is InChI=1S/C20H21N3O3/c1-14-18(20(24)23(22(14)2)16-10-6-5-7-11-16)21-13-15-9-8-12-17(25-3)19(15)26-4/h5-13H,1-4H3. The van der Waals surface area contributed by atoms with Gasteiger partial charge in [-0.15, -0.1) is 0 Å². The van der Waals surface area contributed by atoms with E-state index in [0.717, 1.165) is 16.9 Å². The Morgan fingerprint density at radius 1 is 1.00 bits per heavy atom. The summed E-state index contributed by atoms with van der Waals surface area (Å²) in [5, 5.41) is 0. The molecule has 0 amide bonds. The van der Waals surface area contributed by atoms with Gasteiger partial charge in [0, 0.05) is 18.8 Å². The molecule has 0 N–H and O–H groups in total. The molecule has 0 radical (unpaired) electrons. The van der Waals surface area contributed by atoms with Crippen molar-refractivity contribution >= 4 is 11.9 Å². The smallest absolute Gasteiger partial charge is 0.297 e. The number of aromatic nitrogens is 2. The van der Waals surface area contributed by atoms with Gasteiger partial charge in [-0.05, 0) is 31.2 Å². The van der Waals surface area contributed by atoms with Crippen LogP contribution in [0.15, 0.2) is 58.3 Å². The van der Waals surface area contributed by atoms with E-state index in [1.807, 2.05) is 62.5 Å². The summed E-state index contributed by atoms with van der Waals surface area (Å²) in [7, 11) is 5.00. The number of rotatable bonds is 5. The monoisotopic (exact) mass is 351 g/mol. The summed E-state index contributed by atoms with van der Waals surface area (Å²) in [6.07, 6.45) is 1.63. The zero-order chi connectivity index (χ0) is 18.7. The number of ether oxygens (including phenoxy) is 2. The third-order valence-electron chi connectivity index (χ3n) is 4.29. The normalized spacial score (nSPS) is 11.1. The molecule has 0 aliphatic heterocycles. The predicted molar refractivity (Wildman–Crippen MR) is 103 cm³/mol. The van der Waals surface area contributed by atoms with E-state index in [4.69, 9.17) is 9.47 Å². The molecule has 3 aromatic rings. The Morgan fingerprint density at radius 3 is 2.38 bits per heavy atom. The first-order valence-corrected chi connectivity index (χ1v) is 8.17.